The number of ether oxygens (including phenoxy) is 1. The first-order valence-electron chi connectivity index (χ1n) is 8.57. The fraction of sp³-hybridized carbons (Fsp3) is 0.333. The molecule has 156 valence electrons. The van der Waals surface area contributed by atoms with Crippen molar-refractivity contribution in [2.24, 2.45) is 0 Å². The maximum absolute atomic E-state index is 12.9. The quantitative estimate of drug-likeness (QED) is 0.276. The predicted octanol–water partition coefficient (Wildman–Crippen LogP) is 1.39. The van der Waals surface area contributed by atoms with Crippen LogP contribution in [0.1, 0.15) is 10.6 Å². The SMILES string of the molecule is C[Si](C)(C)CCOCn1cc(C=C(F)F)c2nc(-c3cnc([C-]=O)s3)cnc21.[K+].[OH-]. The van der Waals surface area contributed by atoms with Gasteiger partial charge in [0.1, 0.15) is 17.9 Å². The molecule has 7 nitrogen and oxygen atoms in total. The molecule has 3 aromatic heterocycles. The van der Waals surface area contributed by atoms with E-state index in [4.69, 9.17) is 4.74 Å². The second-order valence-electron chi connectivity index (χ2n) is 7.40. The van der Waals surface area contributed by atoms with E-state index in [1.54, 1.807) is 17.1 Å². The van der Waals surface area contributed by atoms with Gasteiger partial charge in [-0.15, -0.1) is 11.3 Å². The Kier molecular flexibility index (Phi) is 10.7. The predicted molar refractivity (Wildman–Crippen MR) is 110 cm³/mol. The van der Waals surface area contributed by atoms with Gasteiger partial charge < -0.3 is 19.6 Å². The van der Waals surface area contributed by atoms with E-state index in [-0.39, 0.29) is 74.2 Å². The van der Waals surface area contributed by atoms with Crippen molar-refractivity contribution in [3.05, 3.63) is 35.2 Å². The smallest absolute Gasteiger partial charge is 0.870 e. The van der Waals surface area contributed by atoms with Gasteiger partial charge >= 0.3 is 51.4 Å². The standard InChI is InChI=1S/C18H19F2N4O2SSi.K.H2O/c1-28(2,3)5-4-26-11-24-9-12(6-15(19)20)17-18(24)22-7-13(23-17)14-8-21-16(10-25)27-14;;/h6-9H,4-5,11H2,1-3H3;;1H2/q-1;+1;/p-1. The van der Waals surface area contributed by atoms with E-state index in [0.717, 1.165) is 23.5 Å². The number of hydrogen-bond donors (Lipinski definition) is 0. The van der Waals surface area contributed by atoms with Gasteiger partial charge in [0.25, 0.3) is 6.08 Å². The first-order chi connectivity index (χ1) is 13.3. The second-order valence-corrected chi connectivity index (χ2v) is 14.0. The van der Waals surface area contributed by atoms with E-state index in [9.17, 15) is 13.6 Å². The third-order valence-corrected chi connectivity index (χ3v) is 6.55. The molecular weight excluding hydrogens is 457 g/mol. The summed E-state index contributed by atoms with van der Waals surface area (Å²) in [5.41, 5.74) is 1.50. The van der Waals surface area contributed by atoms with Gasteiger partial charge in [-0.2, -0.15) is 8.78 Å². The van der Waals surface area contributed by atoms with Crippen LogP contribution in [-0.4, -0.2) is 46.0 Å². The van der Waals surface area contributed by atoms with Crippen molar-refractivity contribution >= 4 is 42.9 Å². The molecule has 12 heteroatoms. The zero-order valence-corrected chi connectivity index (χ0v) is 22.1. The molecule has 3 aromatic rings. The van der Waals surface area contributed by atoms with Crippen LogP contribution < -0.4 is 51.4 Å². The van der Waals surface area contributed by atoms with E-state index >= 15 is 0 Å². The minimum atomic E-state index is -1.82. The molecule has 3 heterocycles. The van der Waals surface area contributed by atoms with Gasteiger partial charge in [0.2, 0.25) is 0 Å². The molecule has 0 aliphatic heterocycles. The maximum Gasteiger partial charge on any atom is 1.00 e. The van der Waals surface area contributed by atoms with Crippen molar-refractivity contribution in [3.63, 3.8) is 0 Å². The van der Waals surface area contributed by atoms with Gasteiger partial charge in [0.15, 0.2) is 5.65 Å². The van der Waals surface area contributed by atoms with E-state index in [0.29, 0.717) is 28.3 Å². The Labute approximate surface area is 220 Å². The average molecular weight is 478 g/mol. The molecule has 0 radical (unpaired) electrons. The van der Waals surface area contributed by atoms with Crippen molar-refractivity contribution in [1.29, 1.82) is 0 Å². The molecule has 0 amide bonds. The van der Waals surface area contributed by atoms with Crippen LogP contribution in [0.25, 0.3) is 27.8 Å². The minimum Gasteiger partial charge on any atom is -0.870 e. The largest absolute Gasteiger partial charge is 1.00 e. The van der Waals surface area contributed by atoms with Crippen LogP contribution in [0.5, 0.6) is 0 Å². The van der Waals surface area contributed by atoms with Crippen LogP contribution >= 0.6 is 11.3 Å². The number of fused-ring (bicyclic) bond motifs is 1. The van der Waals surface area contributed by atoms with E-state index in [1.165, 1.54) is 12.4 Å². The Hall–Kier alpha value is -0.707. The zero-order valence-electron chi connectivity index (χ0n) is 17.1. The van der Waals surface area contributed by atoms with Gasteiger partial charge in [-0.1, -0.05) is 19.6 Å². The average Bonchev–Trinajstić information content (AvgIpc) is 3.22. The topological polar surface area (TPSA) is 99.9 Å². The molecule has 0 unspecified atom stereocenters. The summed E-state index contributed by atoms with van der Waals surface area (Å²) in [6, 6.07) is 1.01. The van der Waals surface area contributed by atoms with Gasteiger partial charge in [0.05, 0.1) is 11.1 Å². The minimum absolute atomic E-state index is 0. The number of hydrogen-bond acceptors (Lipinski definition) is 7. The number of carbonyl (C=O) groups excluding carboxylic acids is 1. The maximum atomic E-state index is 12.9. The van der Waals surface area contributed by atoms with Gasteiger partial charge in [-0.25, -0.2) is 16.3 Å². The van der Waals surface area contributed by atoms with E-state index in [2.05, 4.69) is 34.6 Å². The summed E-state index contributed by atoms with van der Waals surface area (Å²) >= 11 is 1.11. The molecular formula is C18H20F2KN4O3SSi-. The molecule has 3 rings (SSSR count). The summed E-state index contributed by atoms with van der Waals surface area (Å²) in [5, 5.41) is 0.195. The number of nitrogens with zero attached hydrogens (tertiary/aromatic N) is 4. The fourth-order valence-corrected chi connectivity index (χ4v) is 3.92. The third kappa shape index (κ3) is 7.17. The normalized spacial score (nSPS) is 11.0. The molecule has 0 saturated carbocycles. The Morgan fingerprint density at radius 3 is 2.63 bits per heavy atom. The first kappa shape index (κ1) is 27.3. The van der Waals surface area contributed by atoms with Crippen molar-refractivity contribution in [2.45, 2.75) is 32.4 Å². The molecule has 30 heavy (non-hydrogen) atoms. The molecule has 0 spiro atoms. The van der Waals surface area contributed by atoms with Crippen LogP contribution in [0.3, 0.4) is 0 Å². The monoisotopic (exact) mass is 477 g/mol. The molecule has 0 saturated heterocycles. The molecule has 0 bridgehead atoms. The number of thiazole rings is 1. The molecule has 1 N–H and O–H groups in total. The number of aromatic nitrogens is 4. The summed E-state index contributed by atoms with van der Waals surface area (Å²) < 4.78 is 33.2. The van der Waals surface area contributed by atoms with E-state index < -0.39 is 14.2 Å². The molecule has 0 aromatic carbocycles. The van der Waals surface area contributed by atoms with Gasteiger partial charge in [-0.3, -0.25) is 4.98 Å². The summed E-state index contributed by atoms with van der Waals surface area (Å²) in [5.74, 6) is 0. The fourth-order valence-electron chi connectivity index (χ4n) is 2.50. The Bertz CT molecular complexity index is 1030. The van der Waals surface area contributed by atoms with Crippen LogP contribution in [0.15, 0.2) is 24.7 Å². The molecule has 0 aliphatic rings. The van der Waals surface area contributed by atoms with Crippen LogP contribution in [0.4, 0.5) is 8.78 Å². The van der Waals surface area contributed by atoms with Crippen molar-refractivity contribution in [1.82, 2.24) is 19.5 Å². The second kappa shape index (κ2) is 11.8. The summed E-state index contributed by atoms with van der Waals surface area (Å²) in [7, 11) is -1.21. The van der Waals surface area contributed by atoms with Crippen molar-refractivity contribution in [2.75, 3.05) is 6.61 Å². The summed E-state index contributed by atoms with van der Waals surface area (Å²) in [6.07, 6.45) is 5.23. The summed E-state index contributed by atoms with van der Waals surface area (Å²) in [4.78, 5) is 24.1. The van der Waals surface area contributed by atoms with Crippen LogP contribution in [0.2, 0.25) is 25.7 Å². The zero-order chi connectivity index (χ0) is 20.3. The Balaban J connectivity index is 0.00000225. The first-order valence-corrected chi connectivity index (χ1v) is 13.1. The van der Waals surface area contributed by atoms with E-state index in [1.807, 2.05) is 0 Å². The van der Waals surface area contributed by atoms with Crippen molar-refractivity contribution in [3.8, 4) is 10.6 Å². The molecule has 0 aliphatic carbocycles. The Morgan fingerprint density at radius 1 is 1.30 bits per heavy atom. The molecule has 0 fully saturated rings. The molecule has 0 atom stereocenters. The van der Waals surface area contributed by atoms with Crippen molar-refractivity contribution < 1.29 is 75.2 Å². The van der Waals surface area contributed by atoms with Crippen LogP contribution in [-0.2, 0) is 16.3 Å². The van der Waals surface area contributed by atoms with Gasteiger partial charge in [0, 0.05) is 38.7 Å². The number of halogens is 2. The third-order valence-electron chi connectivity index (χ3n) is 3.93. The summed E-state index contributed by atoms with van der Waals surface area (Å²) in [6.45, 7) is 7.59. The van der Waals surface area contributed by atoms with Gasteiger partial charge in [-0.05, 0) is 11.1 Å². The Morgan fingerprint density at radius 2 is 2.03 bits per heavy atom. The number of rotatable bonds is 8. The van der Waals surface area contributed by atoms with Crippen LogP contribution in [0, 0.1) is 0 Å².